The molecule has 0 aliphatic heterocycles. The normalized spacial score (nSPS) is 9.33. The second-order valence-corrected chi connectivity index (χ2v) is 3.34. The molecule has 0 fully saturated rings. The van der Waals surface area contributed by atoms with Gasteiger partial charge < -0.3 is 0 Å². The SMILES string of the molecule is C#CCCC(=O)c1cscc1C. The highest BCUT2D eigenvalue weighted by molar-refractivity contribution is 7.08. The third-order valence-electron chi connectivity index (χ3n) is 1.65. The van der Waals surface area contributed by atoms with Gasteiger partial charge in [-0.15, -0.1) is 12.3 Å². The largest absolute Gasteiger partial charge is 0.294 e. The van der Waals surface area contributed by atoms with Crippen LogP contribution in [0.3, 0.4) is 0 Å². The molecule has 0 unspecified atom stereocenters. The van der Waals surface area contributed by atoms with Crippen LogP contribution in [0.2, 0.25) is 0 Å². The second kappa shape index (κ2) is 4.08. The highest BCUT2D eigenvalue weighted by Gasteiger charge is 2.07. The van der Waals surface area contributed by atoms with Gasteiger partial charge in [0, 0.05) is 23.8 Å². The number of Topliss-reactive ketones (excluding diaryl/α,β-unsaturated/α-hetero) is 1. The van der Waals surface area contributed by atoms with E-state index in [0.29, 0.717) is 12.8 Å². The van der Waals surface area contributed by atoms with E-state index in [2.05, 4.69) is 5.92 Å². The van der Waals surface area contributed by atoms with Crippen LogP contribution in [0.15, 0.2) is 10.8 Å². The highest BCUT2D eigenvalue weighted by Crippen LogP contribution is 2.15. The zero-order valence-electron chi connectivity index (χ0n) is 6.96. The fourth-order valence-corrected chi connectivity index (χ4v) is 1.82. The number of thiophene rings is 1. The molecular weight excluding hydrogens is 168 g/mol. The molecule has 0 saturated carbocycles. The third-order valence-corrected chi connectivity index (χ3v) is 2.51. The summed E-state index contributed by atoms with van der Waals surface area (Å²) in [7, 11) is 0. The van der Waals surface area contributed by atoms with Gasteiger partial charge in [0.15, 0.2) is 5.78 Å². The number of aryl methyl sites for hydroxylation is 1. The monoisotopic (exact) mass is 178 g/mol. The number of terminal acetylenes is 1. The Hall–Kier alpha value is -1.07. The number of carbonyl (C=O) groups excluding carboxylic acids is 1. The molecule has 0 saturated heterocycles. The minimum Gasteiger partial charge on any atom is -0.294 e. The standard InChI is InChI=1S/C10H10OS/c1-3-4-5-10(11)9-7-12-6-8(9)2/h1,6-7H,4-5H2,2H3. The van der Waals surface area contributed by atoms with Crippen LogP contribution in [0.4, 0.5) is 0 Å². The lowest BCUT2D eigenvalue weighted by molar-refractivity contribution is 0.0984. The van der Waals surface area contributed by atoms with Gasteiger partial charge in [-0.3, -0.25) is 4.79 Å². The van der Waals surface area contributed by atoms with Crippen LogP contribution in [0, 0.1) is 19.3 Å². The summed E-state index contributed by atoms with van der Waals surface area (Å²) in [5, 5.41) is 3.86. The summed E-state index contributed by atoms with van der Waals surface area (Å²) in [5.74, 6) is 2.62. The first-order valence-corrected chi connectivity index (χ1v) is 4.69. The van der Waals surface area contributed by atoms with E-state index >= 15 is 0 Å². The number of hydrogen-bond acceptors (Lipinski definition) is 2. The van der Waals surface area contributed by atoms with Crippen molar-refractivity contribution in [2.75, 3.05) is 0 Å². The third kappa shape index (κ3) is 1.96. The van der Waals surface area contributed by atoms with E-state index in [0.717, 1.165) is 11.1 Å². The van der Waals surface area contributed by atoms with Crippen LogP contribution in [-0.2, 0) is 0 Å². The van der Waals surface area contributed by atoms with Crippen molar-refractivity contribution in [2.45, 2.75) is 19.8 Å². The van der Waals surface area contributed by atoms with Crippen LogP contribution < -0.4 is 0 Å². The molecule has 1 aromatic rings. The topological polar surface area (TPSA) is 17.1 Å². The molecule has 1 nitrogen and oxygen atoms in total. The molecule has 0 atom stereocenters. The first-order chi connectivity index (χ1) is 5.75. The maximum atomic E-state index is 11.4. The summed E-state index contributed by atoms with van der Waals surface area (Å²) < 4.78 is 0. The van der Waals surface area contributed by atoms with E-state index in [1.807, 2.05) is 17.7 Å². The molecular formula is C10H10OS. The molecule has 1 rings (SSSR count). The Balaban J connectivity index is 2.67. The van der Waals surface area contributed by atoms with Gasteiger partial charge in [-0.2, -0.15) is 11.3 Å². The molecule has 2 heteroatoms. The van der Waals surface area contributed by atoms with Crippen LogP contribution in [0.5, 0.6) is 0 Å². The maximum Gasteiger partial charge on any atom is 0.164 e. The van der Waals surface area contributed by atoms with E-state index < -0.39 is 0 Å². The Morgan fingerprint density at radius 2 is 2.42 bits per heavy atom. The van der Waals surface area contributed by atoms with Crippen molar-refractivity contribution in [3.63, 3.8) is 0 Å². The fraction of sp³-hybridized carbons (Fsp3) is 0.300. The van der Waals surface area contributed by atoms with Gasteiger partial charge in [0.1, 0.15) is 0 Å². The van der Waals surface area contributed by atoms with Crippen molar-refractivity contribution in [3.05, 3.63) is 21.9 Å². The van der Waals surface area contributed by atoms with Crippen molar-refractivity contribution in [2.24, 2.45) is 0 Å². The van der Waals surface area contributed by atoms with Crippen LogP contribution in [0.25, 0.3) is 0 Å². The van der Waals surface area contributed by atoms with Crippen molar-refractivity contribution in [3.8, 4) is 12.3 Å². The van der Waals surface area contributed by atoms with E-state index in [1.165, 1.54) is 0 Å². The molecule has 0 amide bonds. The fourth-order valence-electron chi connectivity index (χ4n) is 0.967. The van der Waals surface area contributed by atoms with Gasteiger partial charge >= 0.3 is 0 Å². The minimum atomic E-state index is 0.159. The van der Waals surface area contributed by atoms with Crippen LogP contribution in [0.1, 0.15) is 28.8 Å². The second-order valence-electron chi connectivity index (χ2n) is 2.60. The molecule has 1 aromatic heterocycles. The van der Waals surface area contributed by atoms with Gasteiger partial charge in [-0.05, 0) is 17.9 Å². The van der Waals surface area contributed by atoms with Crippen molar-refractivity contribution in [1.82, 2.24) is 0 Å². The van der Waals surface area contributed by atoms with Gasteiger partial charge in [-0.1, -0.05) is 0 Å². The Morgan fingerprint density at radius 1 is 1.67 bits per heavy atom. The van der Waals surface area contributed by atoms with Crippen molar-refractivity contribution >= 4 is 17.1 Å². The highest BCUT2D eigenvalue weighted by atomic mass is 32.1. The maximum absolute atomic E-state index is 11.4. The molecule has 0 bridgehead atoms. The summed E-state index contributed by atoms with van der Waals surface area (Å²) in [6.45, 7) is 1.94. The summed E-state index contributed by atoms with van der Waals surface area (Å²) in [6, 6.07) is 0. The molecule has 0 radical (unpaired) electrons. The molecule has 12 heavy (non-hydrogen) atoms. The molecule has 0 N–H and O–H groups in total. The average molecular weight is 178 g/mol. The molecule has 1 heterocycles. The van der Waals surface area contributed by atoms with Crippen LogP contribution >= 0.6 is 11.3 Å². The lowest BCUT2D eigenvalue weighted by Crippen LogP contribution is -1.97. The quantitative estimate of drug-likeness (QED) is 0.513. The van der Waals surface area contributed by atoms with Crippen molar-refractivity contribution in [1.29, 1.82) is 0 Å². The Morgan fingerprint density at radius 3 is 2.92 bits per heavy atom. The predicted octanol–water partition coefficient (Wildman–Crippen LogP) is 2.65. The summed E-state index contributed by atoms with van der Waals surface area (Å²) in [6.07, 6.45) is 6.07. The van der Waals surface area contributed by atoms with Gasteiger partial charge in [0.2, 0.25) is 0 Å². The first-order valence-electron chi connectivity index (χ1n) is 3.75. The van der Waals surface area contributed by atoms with E-state index in [1.54, 1.807) is 11.3 Å². The summed E-state index contributed by atoms with van der Waals surface area (Å²) >= 11 is 1.56. The summed E-state index contributed by atoms with van der Waals surface area (Å²) in [4.78, 5) is 11.4. The predicted molar refractivity (Wildman–Crippen MR) is 51.5 cm³/mol. The number of carbonyl (C=O) groups is 1. The Bertz CT molecular complexity index is 317. The molecule has 0 aliphatic carbocycles. The number of hydrogen-bond donors (Lipinski definition) is 0. The molecule has 0 aromatic carbocycles. The van der Waals surface area contributed by atoms with Gasteiger partial charge in [0.05, 0.1) is 0 Å². The number of ketones is 1. The minimum absolute atomic E-state index is 0.159. The Kier molecular flexibility index (Phi) is 3.07. The molecule has 62 valence electrons. The van der Waals surface area contributed by atoms with Crippen LogP contribution in [-0.4, -0.2) is 5.78 Å². The lowest BCUT2D eigenvalue weighted by Gasteiger charge is -1.95. The zero-order valence-corrected chi connectivity index (χ0v) is 7.78. The average Bonchev–Trinajstić information content (AvgIpc) is 2.47. The van der Waals surface area contributed by atoms with Gasteiger partial charge in [-0.25, -0.2) is 0 Å². The smallest absolute Gasteiger partial charge is 0.164 e. The van der Waals surface area contributed by atoms with Gasteiger partial charge in [0.25, 0.3) is 0 Å². The summed E-state index contributed by atoms with van der Waals surface area (Å²) in [5.41, 5.74) is 1.89. The molecule has 0 aliphatic rings. The van der Waals surface area contributed by atoms with Crippen molar-refractivity contribution < 1.29 is 4.79 Å². The molecule has 0 spiro atoms. The van der Waals surface area contributed by atoms with E-state index in [-0.39, 0.29) is 5.78 Å². The van der Waals surface area contributed by atoms with E-state index in [9.17, 15) is 4.79 Å². The number of rotatable bonds is 3. The zero-order chi connectivity index (χ0) is 8.97. The first kappa shape index (κ1) is 9.02. The lowest BCUT2D eigenvalue weighted by atomic mass is 10.1. The van der Waals surface area contributed by atoms with E-state index in [4.69, 9.17) is 6.42 Å². The Labute approximate surface area is 76.4 Å².